The van der Waals surface area contributed by atoms with Crippen LogP contribution in [0.5, 0.6) is 0 Å². The van der Waals surface area contributed by atoms with Crippen molar-refractivity contribution in [1.82, 2.24) is 34.7 Å². The summed E-state index contributed by atoms with van der Waals surface area (Å²) in [5, 5.41) is 14.1. The fourth-order valence-corrected chi connectivity index (χ4v) is 3.39. The molecule has 0 saturated carbocycles. The molecule has 0 atom stereocenters. The normalized spacial score (nSPS) is 11.7. The second kappa shape index (κ2) is 5.79. The lowest BCUT2D eigenvalue weighted by Gasteiger charge is -2.05. The molecular weight excluding hydrogens is 322 g/mol. The van der Waals surface area contributed by atoms with E-state index in [4.69, 9.17) is 5.10 Å². The van der Waals surface area contributed by atoms with E-state index in [2.05, 4.69) is 40.1 Å². The molecule has 0 N–H and O–H groups in total. The molecule has 0 fully saturated rings. The number of aryl methyl sites for hydroxylation is 1. The molecule has 0 radical (unpaired) electrons. The first-order valence-electron chi connectivity index (χ1n) is 7.77. The Hall–Kier alpha value is -2.61. The van der Waals surface area contributed by atoms with Crippen LogP contribution in [0, 0.1) is 6.92 Å². The summed E-state index contributed by atoms with van der Waals surface area (Å²) in [6, 6.07) is 6.17. The summed E-state index contributed by atoms with van der Waals surface area (Å²) in [5.41, 5.74) is 1.99. The van der Waals surface area contributed by atoms with Gasteiger partial charge in [-0.2, -0.15) is 20.1 Å². The van der Waals surface area contributed by atoms with Gasteiger partial charge in [-0.05, 0) is 25.1 Å². The zero-order valence-corrected chi connectivity index (χ0v) is 14.5. The first-order valence-corrected chi connectivity index (χ1v) is 8.59. The van der Waals surface area contributed by atoms with Crippen molar-refractivity contribution in [1.29, 1.82) is 0 Å². The highest BCUT2D eigenvalue weighted by atomic mass is 32.1. The second-order valence-electron chi connectivity index (χ2n) is 5.90. The van der Waals surface area contributed by atoms with Crippen molar-refractivity contribution in [2.45, 2.75) is 33.2 Å². The Morgan fingerprint density at radius 1 is 1.12 bits per heavy atom. The lowest BCUT2D eigenvalue weighted by atomic mass is 10.2. The summed E-state index contributed by atoms with van der Waals surface area (Å²) in [6.07, 6.45) is 3.33. The molecule has 0 aliphatic carbocycles. The van der Waals surface area contributed by atoms with Crippen LogP contribution in [0.1, 0.15) is 36.4 Å². The van der Waals surface area contributed by atoms with E-state index in [9.17, 15) is 0 Å². The van der Waals surface area contributed by atoms with Crippen molar-refractivity contribution in [3.8, 4) is 5.69 Å². The molecular formula is C16H17N7S. The summed E-state index contributed by atoms with van der Waals surface area (Å²) in [7, 11) is 0. The van der Waals surface area contributed by atoms with Gasteiger partial charge >= 0.3 is 0 Å². The van der Waals surface area contributed by atoms with Gasteiger partial charge in [0.2, 0.25) is 0 Å². The van der Waals surface area contributed by atoms with E-state index in [1.165, 1.54) is 0 Å². The molecule has 8 heteroatoms. The Kier molecular flexibility index (Phi) is 3.61. The zero-order chi connectivity index (χ0) is 16.7. The maximum Gasteiger partial charge on any atom is 0.156 e. The standard InChI is InChI=1S/C16H17N7S/c1-10(2)16-20-15(9-22-17-6-7-18-22)23(21-16)12-4-5-13-14(8-12)24-11(3)19-13/h4-8,10H,9H2,1-3H3. The molecule has 4 rings (SSSR count). The summed E-state index contributed by atoms with van der Waals surface area (Å²) in [5.74, 6) is 1.89. The Bertz CT molecular complexity index is 981. The first kappa shape index (κ1) is 14.9. The monoisotopic (exact) mass is 339 g/mol. The van der Waals surface area contributed by atoms with Crippen LogP contribution in [0.4, 0.5) is 0 Å². The van der Waals surface area contributed by atoms with Crippen molar-refractivity contribution >= 4 is 21.6 Å². The topological polar surface area (TPSA) is 74.3 Å². The molecule has 0 amide bonds. The summed E-state index contributed by atoms with van der Waals surface area (Å²) in [6.45, 7) is 6.68. The number of hydrogen-bond acceptors (Lipinski definition) is 6. The second-order valence-corrected chi connectivity index (χ2v) is 7.13. The largest absolute Gasteiger partial charge is 0.242 e. The predicted octanol–water partition coefficient (Wildman–Crippen LogP) is 2.95. The van der Waals surface area contributed by atoms with Gasteiger partial charge in [0.1, 0.15) is 6.54 Å². The quantitative estimate of drug-likeness (QED) is 0.571. The molecule has 4 aromatic rings. The van der Waals surface area contributed by atoms with E-state index in [1.807, 2.05) is 23.7 Å². The van der Waals surface area contributed by atoms with Crippen molar-refractivity contribution in [2.24, 2.45) is 0 Å². The van der Waals surface area contributed by atoms with Gasteiger partial charge < -0.3 is 0 Å². The molecule has 0 unspecified atom stereocenters. The third kappa shape index (κ3) is 2.69. The third-order valence-corrected chi connectivity index (χ3v) is 4.61. The van der Waals surface area contributed by atoms with Crippen molar-refractivity contribution < 1.29 is 0 Å². The molecule has 122 valence electrons. The Morgan fingerprint density at radius 2 is 1.92 bits per heavy atom. The molecule has 0 saturated heterocycles. The lowest BCUT2D eigenvalue weighted by molar-refractivity contribution is 0.560. The van der Waals surface area contributed by atoms with Crippen LogP contribution < -0.4 is 0 Å². The van der Waals surface area contributed by atoms with Crippen LogP contribution in [0.25, 0.3) is 15.9 Å². The van der Waals surface area contributed by atoms with Gasteiger partial charge in [-0.1, -0.05) is 13.8 Å². The minimum absolute atomic E-state index is 0.255. The zero-order valence-electron chi connectivity index (χ0n) is 13.7. The fourth-order valence-electron chi connectivity index (χ4n) is 2.53. The lowest BCUT2D eigenvalue weighted by Crippen LogP contribution is -2.10. The Balaban J connectivity index is 1.81. The number of rotatable bonds is 4. The smallest absolute Gasteiger partial charge is 0.156 e. The number of aromatic nitrogens is 7. The summed E-state index contributed by atoms with van der Waals surface area (Å²) < 4.78 is 3.03. The number of thiazole rings is 1. The molecule has 0 aliphatic heterocycles. The highest BCUT2D eigenvalue weighted by Gasteiger charge is 2.16. The molecule has 7 nitrogen and oxygen atoms in total. The van der Waals surface area contributed by atoms with E-state index < -0.39 is 0 Å². The summed E-state index contributed by atoms with van der Waals surface area (Å²) >= 11 is 1.68. The van der Waals surface area contributed by atoms with Crippen LogP contribution in [-0.4, -0.2) is 34.7 Å². The SMILES string of the molecule is Cc1nc2ccc(-n3nc(C(C)C)nc3Cn3nccn3)cc2s1. The van der Waals surface area contributed by atoms with E-state index in [0.717, 1.165) is 32.6 Å². The van der Waals surface area contributed by atoms with Crippen LogP contribution in [0.15, 0.2) is 30.6 Å². The van der Waals surface area contributed by atoms with E-state index in [0.29, 0.717) is 6.54 Å². The van der Waals surface area contributed by atoms with Gasteiger partial charge in [-0.3, -0.25) is 0 Å². The average molecular weight is 339 g/mol. The van der Waals surface area contributed by atoms with Gasteiger partial charge in [0.15, 0.2) is 11.6 Å². The molecule has 24 heavy (non-hydrogen) atoms. The van der Waals surface area contributed by atoms with Gasteiger partial charge in [0.25, 0.3) is 0 Å². The number of benzene rings is 1. The maximum atomic E-state index is 4.69. The maximum absolute atomic E-state index is 4.69. The predicted molar refractivity (Wildman–Crippen MR) is 92.5 cm³/mol. The van der Waals surface area contributed by atoms with Crippen molar-refractivity contribution in [3.05, 3.63) is 47.2 Å². The Labute approximate surface area is 143 Å². The first-order chi connectivity index (χ1) is 11.6. The minimum atomic E-state index is 0.255. The molecule has 0 bridgehead atoms. The van der Waals surface area contributed by atoms with Crippen LogP contribution in [0.2, 0.25) is 0 Å². The van der Waals surface area contributed by atoms with Gasteiger partial charge in [0, 0.05) is 5.92 Å². The van der Waals surface area contributed by atoms with E-state index >= 15 is 0 Å². The van der Waals surface area contributed by atoms with Gasteiger partial charge in [-0.25, -0.2) is 14.6 Å². The third-order valence-electron chi connectivity index (χ3n) is 3.68. The molecule has 3 aromatic heterocycles. The van der Waals surface area contributed by atoms with Gasteiger partial charge in [0.05, 0.1) is 33.3 Å². The highest BCUT2D eigenvalue weighted by molar-refractivity contribution is 7.18. The fraction of sp³-hybridized carbons (Fsp3) is 0.312. The average Bonchev–Trinajstić information content (AvgIpc) is 3.25. The molecule has 3 heterocycles. The van der Waals surface area contributed by atoms with Gasteiger partial charge in [-0.15, -0.1) is 11.3 Å². The molecule has 1 aromatic carbocycles. The number of nitrogens with zero attached hydrogens (tertiary/aromatic N) is 7. The molecule has 0 aliphatic rings. The highest BCUT2D eigenvalue weighted by Crippen LogP contribution is 2.25. The number of hydrogen-bond donors (Lipinski definition) is 0. The van der Waals surface area contributed by atoms with Crippen LogP contribution in [-0.2, 0) is 6.54 Å². The van der Waals surface area contributed by atoms with Crippen molar-refractivity contribution in [2.75, 3.05) is 0 Å². The Morgan fingerprint density at radius 3 is 2.67 bits per heavy atom. The minimum Gasteiger partial charge on any atom is -0.242 e. The van der Waals surface area contributed by atoms with Crippen LogP contribution in [0.3, 0.4) is 0 Å². The van der Waals surface area contributed by atoms with E-state index in [1.54, 1.807) is 28.5 Å². The summed E-state index contributed by atoms with van der Waals surface area (Å²) in [4.78, 5) is 10.8. The van der Waals surface area contributed by atoms with E-state index in [-0.39, 0.29) is 5.92 Å². The molecule has 0 spiro atoms. The number of fused-ring (bicyclic) bond motifs is 1. The van der Waals surface area contributed by atoms with Crippen LogP contribution >= 0.6 is 11.3 Å². The van der Waals surface area contributed by atoms with Crippen molar-refractivity contribution in [3.63, 3.8) is 0 Å².